The minimum absolute atomic E-state index is 0.0494. The average Bonchev–Trinajstić information content (AvgIpc) is 3.08. The molecule has 0 spiro atoms. The minimum Gasteiger partial charge on any atom is -0.369 e. The van der Waals surface area contributed by atoms with Gasteiger partial charge < -0.3 is 10.1 Å². The third-order valence-corrected chi connectivity index (χ3v) is 6.57. The maximum Gasteiger partial charge on any atom is 0.279 e. The van der Waals surface area contributed by atoms with Crippen LogP contribution < -0.4 is 10.9 Å². The van der Waals surface area contributed by atoms with E-state index in [0.717, 1.165) is 21.5 Å². The molecule has 0 aliphatic carbocycles. The van der Waals surface area contributed by atoms with Crippen LogP contribution in [-0.4, -0.2) is 32.3 Å². The van der Waals surface area contributed by atoms with Crippen LogP contribution in [0.2, 0.25) is 0 Å². The Kier molecular flexibility index (Phi) is 5.25. The van der Waals surface area contributed by atoms with Crippen LogP contribution >= 0.6 is 11.3 Å². The van der Waals surface area contributed by atoms with Crippen molar-refractivity contribution in [3.63, 3.8) is 0 Å². The Labute approximate surface area is 176 Å². The zero-order chi connectivity index (χ0) is 21.5. The maximum atomic E-state index is 13.1. The lowest BCUT2D eigenvalue weighted by Gasteiger charge is -2.32. The average molecular weight is 426 g/mol. The molecule has 1 atom stereocenters. The summed E-state index contributed by atoms with van der Waals surface area (Å²) in [5.41, 5.74) is 1.42. The highest BCUT2D eigenvalue weighted by molar-refractivity contribution is 7.18. The molecule has 1 aliphatic heterocycles. The number of nitrogens with one attached hydrogen (secondary N) is 1. The first-order valence-electron chi connectivity index (χ1n) is 9.72. The topological polar surface area (TPSA) is 103 Å². The van der Waals surface area contributed by atoms with Crippen LogP contribution in [0, 0.1) is 0 Å². The van der Waals surface area contributed by atoms with E-state index in [2.05, 4.69) is 22.6 Å². The molecular formula is C21H22N4O4S. The molecule has 0 radical (unpaired) electrons. The van der Waals surface area contributed by atoms with Crippen molar-refractivity contribution in [3.8, 4) is 0 Å². The van der Waals surface area contributed by atoms with E-state index in [4.69, 9.17) is 4.74 Å². The van der Waals surface area contributed by atoms with Crippen LogP contribution in [0.3, 0.4) is 0 Å². The number of amides is 1. The van der Waals surface area contributed by atoms with Gasteiger partial charge in [0, 0.05) is 22.5 Å². The fraction of sp³-hybridized carbons (Fsp3) is 0.381. The summed E-state index contributed by atoms with van der Waals surface area (Å²) in [6.07, 6.45) is 1.47. The predicted octanol–water partition coefficient (Wildman–Crippen LogP) is 2.94. The molecule has 1 aromatic carbocycles. The molecule has 0 saturated carbocycles. The lowest BCUT2D eigenvalue weighted by atomic mass is 9.90. The number of rotatable bonds is 5. The monoisotopic (exact) mass is 426 g/mol. The molecule has 0 fully saturated rings. The van der Waals surface area contributed by atoms with Crippen LogP contribution in [0.1, 0.15) is 48.0 Å². The van der Waals surface area contributed by atoms with Crippen molar-refractivity contribution in [2.75, 3.05) is 5.32 Å². The highest BCUT2D eigenvalue weighted by atomic mass is 32.1. The number of aromatic nitrogens is 3. The summed E-state index contributed by atoms with van der Waals surface area (Å²) in [5, 5.41) is 11.4. The predicted molar refractivity (Wildman–Crippen MR) is 114 cm³/mol. The number of benzene rings is 1. The zero-order valence-corrected chi connectivity index (χ0v) is 17.8. The molecule has 0 saturated heterocycles. The Morgan fingerprint density at radius 1 is 1.30 bits per heavy atom. The molecular weight excluding hydrogens is 404 g/mol. The third kappa shape index (κ3) is 3.78. The fourth-order valence-electron chi connectivity index (χ4n) is 3.48. The number of carbonyl (C=O) groups excluding carboxylic acids is 2. The van der Waals surface area contributed by atoms with Crippen molar-refractivity contribution in [1.29, 1.82) is 0 Å². The second-order valence-corrected chi connectivity index (χ2v) is 8.77. The van der Waals surface area contributed by atoms with Crippen molar-refractivity contribution in [2.24, 2.45) is 0 Å². The lowest BCUT2D eigenvalue weighted by molar-refractivity contribution is -0.117. The molecule has 1 aliphatic rings. The van der Waals surface area contributed by atoms with Crippen molar-refractivity contribution >= 4 is 38.9 Å². The van der Waals surface area contributed by atoms with Crippen molar-refractivity contribution in [3.05, 3.63) is 50.6 Å². The Hall–Kier alpha value is -2.91. The van der Waals surface area contributed by atoms with E-state index in [1.807, 2.05) is 6.92 Å². The molecule has 1 amide bonds. The molecule has 30 heavy (non-hydrogen) atoms. The summed E-state index contributed by atoms with van der Waals surface area (Å²) in [6.45, 7) is 5.79. The van der Waals surface area contributed by atoms with Crippen molar-refractivity contribution < 1.29 is 14.3 Å². The maximum absolute atomic E-state index is 13.1. The van der Waals surface area contributed by atoms with E-state index < -0.39 is 5.91 Å². The quantitative estimate of drug-likeness (QED) is 0.629. The van der Waals surface area contributed by atoms with Crippen LogP contribution in [-0.2, 0) is 29.1 Å². The van der Waals surface area contributed by atoms with Crippen LogP contribution in [0.25, 0.3) is 10.2 Å². The van der Waals surface area contributed by atoms with Gasteiger partial charge in [0.25, 0.3) is 5.56 Å². The number of ketones is 1. The molecule has 1 N–H and O–H groups in total. The first-order chi connectivity index (χ1) is 14.3. The number of ether oxygens (including phenoxy) is 1. The number of fused-ring (bicyclic) bond motifs is 3. The molecule has 0 unspecified atom stereocenters. The Morgan fingerprint density at radius 3 is 2.70 bits per heavy atom. The molecule has 8 nitrogen and oxygen atoms in total. The zero-order valence-electron chi connectivity index (χ0n) is 17.0. The fourth-order valence-corrected chi connectivity index (χ4v) is 4.52. The van der Waals surface area contributed by atoms with Crippen LogP contribution in [0.5, 0.6) is 0 Å². The first kappa shape index (κ1) is 20.4. The Morgan fingerprint density at radius 2 is 2.03 bits per heavy atom. The molecule has 9 heteroatoms. The SMILES string of the molecule is CC[C@@]1(C)Cc2c(sc3nnn(CC(=O)Nc4ccc(C(C)=O)cc4)c(=O)c23)CO1. The number of hydrogen-bond acceptors (Lipinski definition) is 7. The molecule has 3 heterocycles. The van der Waals surface area contributed by atoms with E-state index in [0.29, 0.717) is 34.5 Å². The Balaban J connectivity index is 1.58. The van der Waals surface area contributed by atoms with Gasteiger partial charge in [0.2, 0.25) is 5.91 Å². The van der Waals surface area contributed by atoms with E-state index in [1.54, 1.807) is 24.3 Å². The van der Waals surface area contributed by atoms with Gasteiger partial charge in [0.05, 0.1) is 17.6 Å². The van der Waals surface area contributed by atoms with Gasteiger partial charge in [0.1, 0.15) is 6.54 Å². The number of Topliss-reactive ketones (excluding diaryl/α,β-unsaturated/α-hetero) is 1. The number of thiophene rings is 1. The molecule has 0 bridgehead atoms. The number of carbonyl (C=O) groups is 2. The molecule has 156 valence electrons. The standard InChI is InChI=1S/C21H22N4O4S/c1-4-21(3)9-15-16(11-29-21)30-19-18(15)20(28)25(24-23-19)10-17(27)22-14-7-5-13(6-8-14)12(2)26/h5-8H,4,9-11H2,1-3H3,(H,22,27)/t21-/m0/s1. The highest BCUT2D eigenvalue weighted by Crippen LogP contribution is 2.37. The second-order valence-electron chi connectivity index (χ2n) is 7.69. The van der Waals surface area contributed by atoms with Gasteiger partial charge in [-0.15, -0.1) is 16.4 Å². The summed E-state index contributed by atoms with van der Waals surface area (Å²) in [5.74, 6) is -0.446. The highest BCUT2D eigenvalue weighted by Gasteiger charge is 2.33. The van der Waals surface area contributed by atoms with Gasteiger partial charge in [-0.3, -0.25) is 14.4 Å². The van der Waals surface area contributed by atoms with Gasteiger partial charge in [0.15, 0.2) is 10.6 Å². The third-order valence-electron chi connectivity index (χ3n) is 5.48. The van der Waals surface area contributed by atoms with Gasteiger partial charge in [-0.25, -0.2) is 4.68 Å². The molecule has 2 aromatic heterocycles. The van der Waals surface area contributed by atoms with E-state index in [-0.39, 0.29) is 23.5 Å². The van der Waals surface area contributed by atoms with Gasteiger partial charge in [-0.2, -0.15) is 0 Å². The number of hydrogen-bond donors (Lipinski definition) is 1. The summed E-state index contributed by atoms with van der Waals surface area (Å²) < 4.78 is 7.05. The van der Waals surface area contributed by atoms with E-state index >= 15 is 0 Å². The molecule has 3 aromatic rings. The van der Waals surface area contributed by atoms with Gasteiger partial charge >= 0.3 is 0 Å². The van der Waals surface area contributed by atoms with E-state index in [1.165, 1.54) is 18.3 Å². The van der Waals surface area contributed by atoms with Crippen molar-refractivity contribution in [1.82, 2.24) is 15.0 Å². The largest absolute Gasteiger partial charge is 0.369 e. The molecule has 4 rings (SSSR count). The minimum atomic E-state index is -0.396. The van der Waals surface area contributed by atoms with E-state index in [9.17, 15) is 14.4 Å². The van der Waals surface area contributed by atoms with Gasteiger partial charge in [-0.1, -0.05) is 12.1 Å². The van der Waals surface area contributed by atoms with Crippen molar-refractivity contribution in [2.45, 2.75) is 52.4 Å². The normalized spacial score (nSPS) is 18.2. The van der Waals surface area contributed by atoms with Gasteiger partial charge in [-0.05, 0) is 50.1 Å². The van der Waals surface area contributed by atoms with Crippen LogP contribution in [0.4, 0.5) is 5.69 Å². The van der Waals surface area contributed by atoms with Crippen LogP contribution in [0.15, 0.2) is 29.1 Å². The second kappa shape index (κ2) is 7.73. The summed E-state index contributed by atoms with van der Waals surface area (Å²) in [4.78, 5) is 38.4. The number of nitrogens with zero attached hydrogens (tertiary/aromatic N) is 3. The smallest absolute Gasteiger partial charge is 0.279 e. The Bertz CT molecular complexity index is 1200. The summed E-state index contributed by atoms with van der Waals surface area (Å²) in [7, 11) is 0. The summed E-state index contributed by atoms with van der Waals surface area (Å²) >= 11 is 1.42. The number of anilines is 1. The lowest BCUT2D eigenvalue weighted by Crippen LogP contribution is -2.35. The summed E-state index contributed by atoms with van der Waals surface area (Å²) in [6, 6.07) is 6.57. The first-order valence-corrected chi connectivity index (χ1v) is 10.5.